The topological polar surface area (TPSA) is 58.4 Å². The first-order chi connectivity index (χ1) is 9.71. The van der Waals surface area contributed by atoms with E-state index in [0.29, 0.717) is 11.5 Å². The van der Waals surface area contributed by atoms with Crippen molar-refractivity contribution in [1.29, 1.82) is 0 Å². The second kappa shape index (κ2) is 6.25. The minimum absolute atomic E-state index is 0.205. The van der Waals surface area contributed by atoms with Crippen LogP contribution in [-0.4, -0.2) is 42.0 Å². The third-order valence-corrected chi connectivity index (χ3v) is 5.29. The summed E-state index contributed by atoms with van der Waals surface area (Å²) in [4.78, 5) is 14.3. The van der Waals surface area contributed by atoms with Gasteiger partial charge in [-0.3, -0.25) is 4.79 Å². The summed E-state index contributed by atoms with van der Waals surface area (Å²) in [5, 5.41) is 3.43. The van der Waals surface area contributed by atoms with Crippen LogP contribution >= 0.6 is 0 Å². The van der Waals surface area contributed by atoms with Crippen LogP contribution in [0.1, 0.15) is 59.8 Å². The molecule has 2 fully saturated rings. The lowest BCUT2D eigenvalue weighted by Crippen LogP contribution is -2.54. The molecule has 0 aromatic rings. The number of hydrogen-bond acceptors (Lipinski definition) is 3. The van der Waals surface area contributed by atoms with Crippen molar-refractivity contribution in [3.05, 3.63) is 0 Å². The van der Waals surface area contributed by atoms with Crippen LogP contribution in [0.4, 0.5) is 0 Å². The third kappa shape index (κ3) is 4.68. The Morgan fingerprint density at radius 3 is 2.38 bits per heavy atom. The Kier molecular flexibility index (Phi) is 4.99. The van der Waals surface area contributed by atoms with E-state index >= 15 is 0 Å². The van der Waals surface area contributed by atoms with Crippen molar-refractivity contribution in [2.75, 3.05) is 19.6 Å². The first-order valence-corrected chi connectivity index (χ1v) is 8.51. The zero-order valence-corrected chi connectivity index (χ0v) is 14.2. The highest BCUT2D eigenvalue weighted by Crippen LogP contribution is 2.33. The predicted molar refractivity (Wildman–Crippen MR) is 87.0 cm³/mol. The van der Waals surface area contributed by atoms with E-state index in [4.69, 9.17) is 5.73 Å². The summed E-state index contributed by atoms with van der Waals surface area (Å²) in [5.41, 5.74) is 5.49. The van der Waals surface area contributed by atoms with Gasteiger partial charge in [0.25, 0.3) is 0 Å². The Morgan fingerprint density at radius 1 is 1.24 bits per heavy atom. The fourth-order valence-corrected chi connectivity index (χ4v) is 3.34. The van der Waals surface area contributed by atoms with E-state index in [9.17, 15) is 4.79 Å². The molecular formula is C17H33N3O. The van der Waals surface area contributed by atoms with Gasteiger partial charge >= 0.3 is 0 Å². The average Bonchev–Trinajstić information content (AvgIpc) is 3.02. The molecule has 0 spiro atoms. The normalized spacial score (nSPS) is 26.8. The second-order valence-corrected chi connectivity index (χ2v) is 8.37. The van der Waals surface area contributed by atoms with E-state index in [1.807, 2.05) is 6.92 Å². The zero-order chi connectivity index (χ0) is 15.7. The van der Waals surface area contributed by atoms with Crippen LogP contribution in [0.3, 0.4) is 0 Å². The Morgan fingerprint density at radius 2 is 1.90 bits per heavy atom. The lowest BCUT2D eigenvalue weighted by molar-refractivity contribution is -0.124. The van der Waals surface area contributed by atoms with Gasteiger partial charge < -0.3 is 16.0 Å². The van der Waals surface area contributed by atoms with Crippen LogP contribution in [0.5, 0.6) is 0 Å². The number of nitrogens with zero attached hydrogens (tertiary/aromatic N) is 1. The largest absolute Gasteiger partial charge is 0.368 e. The SMILES string of the molecule is CC(CCCN1CCC(C(C)(C)C)C1)(NC1CC1)C(N)=O. The Labute approximate surface area is 129 Å². The monoisotopic (exact) mass is 295 g/mol. The van der Waals surface area contributed by atoms with E-state index in [0.717, 1.165) is 25.3 Å². The van der Waals surface area contributed by atoms with E-state index in [-0.39, 0.29) is 5.91 Å². The number of hydrogen-bond donors (Lipinski definition) is 2. The molecule has 2 unspecified atom stereocenters. The molecule has 2 rings (SSSR count). The van der Waals surface area contributed by atoms with E-state index < -0.39 is 5.54 Å². The lowest BCUT2D eigenvalue weighted by Gasteiger charge is -2.29. The maximum atomic E-state index is 11.7. The van der Waals surface area contributed by atoms with Gasteiger partial charge in [0.05, 0.1) is 5.54 Å². The summed E-state index contributed by atoms with van der Waals surface area (Å²) in [6.45, 7) is 12.5. The fourth-order valence-electron chi connectivity index (χ4n) is 3.34. The molecule has 0 aromatic heterocycles. The number of nitrogens with one attached hydrogen (secondary N) is 1. The van der Waals surface area contributed by atoms with Crippen molar-refractivity contribution >= 4 is 5.91 Å². The average molecular weight is 295 g/mol. The van der Waals surface area contributed by atoms with Gasteiger partial charge in [-0.2, -0.15) is 0 Å². The highest BCUT2D eigenvalue weighted by molar-refractivity contribution is 5.84. The first kappa shape index (κ1) is 16.8. The number of carbonyl (C=O) groups is 1. The molecule has 122 valence electrons. The Balaban J connectivity index is 1.74. The van der Waals surface area contributed by atoms with Gasteiger partial charge in [-0.25, -0.2) is 0 Å². The number of likely N-dealkylation sites (tertiary alicyclic amines) is 1. The lowest BCUT2D eigenvalue weighted by atomic mass is 9.80. The molecule has 21 heavy (non-hydrogen) atoms. The van der Waals surface area contributed by atoms with Crippen LogP contribution in [-0.2, 0) is 4.79 Å². The molecule has 1 aliphatic carbocycles. The van der Waals surface area contributed by atoms with Crippen molar-refractivity contribution in [1.82, 2.24) is 10.2 Å². The molecule has 1 aliphatic heterocycles. The highest BCUT2D eigenvalue weighted by Gasteiger charge is 2.37. The van der Waals surface area contributed by atoms with Gasteiger partial charge in [-0.05, 0) is 63.5 Å². The number of primary amides is 1. The molecule has 4 nitrogen and oxygen atoms in total. The van der Waals surface area contributed by atoms with Gasteiger partial charge in [0.2, 0.25) is 5.91 Å². The Hall–Kier alpha value is -0.610. The van der Waals surface area contributed by atoms with Crippen molar-refractivity contribution < 1.29 is 4.79 Å². The number of nitrogens with two attached hydrogens (primary N) is 1. The summed E-state index contributed by atoms with van der Waals surface area (Å²) in [6, 6.07) is 0.513. The van der Waals surface area contributed by atoms with Crippen LogP contribution in [0, 0.1) is 11.3 Å². The molecule has 0 bridgehead atoms. The minimum Gasteiger partial charge on any atom is -0.368 e. The smallest absolute Gasteiger partial charge is 0.237 e. The summed E-state index contributed by atoms with van der Waals surface area (Å²) in [7, 11) is 0. The summed E-state index contributed by atoms with van der Waals surface area (Å²) in [6.07, 6.45) is 5.55. The number of amides is 1. The molecule has 4 heteroatoms. The van der Waals surface area contributed by atoms with Crippen LogP contribution in [0.2, 0.25) is 0 Å². The van der Waals surface area contributed by atoms with Crippen molar-refractivity contribution in [2.45, 2.75) is 71.4 Å². The number of rotatable bonds is 7. The quantitative estimate of drug-likeness (QED) is 0.756. The van der Waals surface area contributed by atoms with Gasteiger partial charge in [0.15, 0.2) is 0 Å². The first-order valence-electron chi connectivity index (χ1n) is 8.51. The maximum Gasteiger partial charge on any atom is 0.237 e. The van der Waals surface area contributed by atoms with E-state index in [1.54, 1.807) is 0 Å². The molecule has 3 N–H and O–H groups in total. The minimum atomic E-state index is -0.523. The molecular weight excluding hydrogens is 262 g/mol. The van der Waals surface area contributed by atoms with Gasteiger partial charge in [-0.15, -0.1) is 0 Å². The second-order valence-electron chi connectivity index (χ2n) is 8.37. The predicted octanol–water partition coefficient (Wildman–Crippen LogP) is 2.13. The molecule has 0 aromatic carbocycles. The van der Waals surface area contributed by atoms with Crippen molar-refractivity contribution in [2.24, 2.45) is 17.1 Å². The molecule has 1 amide bonds. The van der Waals surface area contributed by atoms with Gasteiger partial charge in [0.1, 0.15) is 0 Å². The summed E-state index contributed by atoms with van der Waals surface area (Å²) >= 11 is 0. The molecule has 0 radical (unpaired) electrons. The maximum absolute atomic E-state index is 11.7. The molecule has 1 saturated heterocycles. The standard InChI is InChI=1S/C17H33N3O/c1-16(2,3)13-8-11-20(12-13)10-5-9-17(4,15(18)21)19-14-6-7-14/h13-14,19H,5-12H2,1-4H3,(H2,18,21). The van der Waals surface area contributed by atoms with Crippen molar-refractivity contribution in [3.63, 3.8) is 0 Å². The molecule has 1 saturated carbocycles. The summed E-state index contributed by atoms with van der Waals surface area (Å²) < 4.78 is 0. The van der Waals surface area contributed by atoms with E-state index in [2.05, 4.69) is 31.0 Å². The zero-order valence-electron chi connectivity index (χ0n) is 14.2. The Bertz CT molecular complexity index is 373. The van der Waals surface area contributed by atoms with Crippen LogP contribution in [0.15, 0.2) is 0 Å². The highest BCUT2D eigenvalue weighted by atomic mass is 16.1. The number of carbonyl (C=O) groups excluding carboxylic acids is 1. The third-order valence-electron chi connectivity index (χ3n) is 5.29. The van der Waals surface area contributed by atoms with Crippen molar-refractivity contribution in [3.8, 4) is 0 Å². The fraction of sp³-hybridized carbons (Fsp3) is 0.941. The molecule has 2 atom stereocenters. The molecule has 1 heterocycles. The van der Waals surface area contributed by atoms with Gasteiger partial charge in [0, 0.05) is 12.6 Å². The van der Waals surface area contributed by atoms with E-state index in [1.165, 1.54) is 32.4 Å². The summed E-state index contributed by atoms with van der Waals surface area (Å²) in [5.74, 6) is 0.591. The molecule has 2 aliphatic rings. The van der Waals surface area contributed by atoms with Crippen LogP contribution in [0.25, 0.3) is 0 Å². The van der Waals surface area contributed by atoms with Gasteiger partial charge in [-0.1, -0.05) is 20.8 Å². The van der Waals surface area contributed by atoms with Crippen LogP contribution < -0.4 is 11.1 Å².